The van der Waals surface area contributed by atoms with Gasteiger partial charge in [0.15, 0.2) is 17.3 Å². The van der Waals surface area contributed by atoms with E-state index in [1.165, 1.54) is 7.11 Å². The van der Waals surface area contributed by atoms with Crippen LogP contribution >= 0.6 is 34.7 Å². The van der Waals surface area contributed by atoms with E-state index in [0.29, 0.717) is 35.3 Å². The minimum absolute atomic E-state index is 0.0319. The summed E-state index contributed by atoms with van der Waals surface area (Å²) in [4.78, 5) is 17.3. The molecule has 0 amide bonds. The molecule has 0 unspecified atom stereocenters. The van der Waals surface area contributed by atoms with Crippen molar-refractivity contribution in [3.05, 3.63) is 80.3 Å². The number of carbonyl (C=O) groups is 1. The molecule has 1 saturated carbocycles. The number of ether oxygens (including phenoxy) is 3. The number of benzene rings is 2. The van der Waals surface area contributed by atoms with E-state index < -0.39 is 0 Å². The molecule has 1 fully saturated rings. The molecule has 6 rings (SSSR count). The second-order valence-electron chi connectivity index (χ2n) is 10.2. The van der Waals surface area contributed by atoms with Crippen LogP contribution in [-0.2, 0) is 22.4 Å². The van der Waals surface area contributed by atoms with Gasteiger partial charge in [0, 0.05) is 34.0 Å². The monoisotopic (exact) mass is 610 g/mol. The first-order valence-corrected chi connectivity index (χ1v) is 15.8. The topological polar surface area (TPSA) is 88.4 Å². The Labute approximate surface area is 252 Å². The number of carbonyl (C=O) groups excluding carboxylic acids is 1. The largest absolute Gasteiger partial charge is 0.493 e. The Morgan fingerprint density at radius 3 is 2.63 bits per heavy atom. The van der Waals surface area contributed by atoms with Gasteiger partial charge >= 0.3 is 5.97 Å². The molecular weight excluding hydrogens is 580 g/mol. The van der Waals surface area contributed by atoms with E-state index in [1.54, 1.807) is 25.6 Å². The number of thiazole rings is 1. The van der Waals surface area contributed by atoms with E-state index in [1.807, 2.05) is 36.2 Å². The number of para-hydroxylation sites is 1. The van der Waals surface area contributed by atoms with E-state index in [9.17, 15) is 4.79 Å². The number of aryl methyl sites for hydroxylation is 2. The number of hydrogen-bond acceptors (Lipinski definition) is 9. The molecule has 4 aromatic rings. The number of hydrogen-bond donors (Lipinski definition) is 0. The highest BCUT2D eigenvalue weighted by Crippen LogP contribution is 2.55. The maximum Gasteiger partial charge on any atom is 0.305 e. The Balaban J connectivity index is 1.39. The van der Waals surface area contributed by atoms with Crippen molar-refractivity contribution in [2.45, 2.75) is 54.9 Å². The zero-order valence-electron chi connectivity index (χ0n) is 23.1. The summed E-state index contributed by atoms with van der Waals surface area (Å²) in [5, 5.41) is 11.2. The van der Waals surface area contributed by atoms with E-state index in [-0.39, 0.29) is 16.5 Å². The van der Waals surface area contributed by atoms with E-state index >= 15 is 0 Å². The van der Waals surface area contributed by atoms with Crippen molar-refractivity contribution >= 4 is 40.7 Å². The predicted molar refractivity (Wildman–Crippen MR) is 161 cm³/mol. The lowest BCUT2D eigenvalue weighted by Gasteiger charge is -2.24. The van der Waals surface area contributed by atoms with E-state index in [2.05, 4.69) is 27.8 Å². The zero-order chi connectivity index (χ0) is 28.5. The molecule has 8 nitrogen and oxygen atoms in total. The van der Waals surface area contributed by atoms with E-state index in [0.717, 1.165) is 64.0 Å². The molecular formula is C30H31ClN4O4S2. The van der Waals surface area contributed by atoms with Crippen LogP contribution in [0, 0.1) is 0 Å². The first-order chi connectivity index (χ1) is 20.0. The van der Waals surface area contributed by atoms with Crippen molar-refractivity contribution in [1.29, 1.82) is 0 Å². The van der Waals surface area contributed by atoms with Crippen molar-refractivity contribution in [3.8, 4) is 17.2 Å². The number of nitrogens with zero attached hydrogens (tertiary/aromatic N) is 4. The number of fused-ring (bicyclic) bond motifs is 3. The molecule has 1 aliphatic carbocycles. The molecule has 0 N–H and O–H groups in total. The van der Waals surface area contributed by atoms with Crippen LogP contribution < -0.4 is 9.47 Å². The first-order valence-electron chi connectivity index (χ1n) is 13.6. The molecule has 214 valence electrons. The lowest BCUT2D eigenvalue weighted by Crippen LogP contribution is -2.08. The number of thioether (sulfide) groups is 1. The quantitative estimate of drug-likeness (QED) is 0.179. The van der Waals surface area contributed by atoms with Gasteiger partial charge in [-0.15, -0.1) is 33.3 Å². The average Bonchev–Trinajstić information content (AvgIpc) is 3.62. The maximum absolute atomic E-state index is 11.6. The fourth-order valence-electron chi connectivity index (χ4n) is 5.33. The van der Waals surface area contributed by atoms with E-state index in [4.69, 9.17) is 36.0 Å². The molecule has 0 radical (unpaired) electrons. The molecule has 2 aromatic heterocycles. The van der Waals surface area contributed by atoms with Crippen molar-refractivity contribution in [2.75, 3.05) is 21.3 Å². The van der Waals surface area contributed by atoms with Gasteiger partial charge in [0.25, 0.3) is 0 Å². The third-order valence-electron chi connectivity index (χ3n) is 7.50. The van der Waals surface area contributed by atoms with Gasteiger partial charge in [0.1, 0.15) is 5.82 Å². The SMILES string of the molecule is COC(=O)CCc1cnc(CC[C@@H]2S[C@@H](c3cccc(OC)c3OC)c3cc(Cl)ccc3-n3c(C4CC4)nnc32)s1. The van der Waals surface area contributed by atoms with Crippen molar-refractivity contribution in [3.63, 3.8) is 0 Å². The van der Waals surface area contributed by atoms with Gasteiger partial charge in [0.2, 0.25) is 0 Å². The summed E-state index contributed by atoms with van der Waals surface area (Å²) in [6.45, 7) is 0. The third kappa shape index (κ3) is 5.69. The number of aromatic nitrogens is 4. The van der Waals surface area contributed by atoms with Gasteiger partial charge in [-0.1, -0.05) is 23.7 Å². The first kappa shape index (κ1) is 28.1. The van der Waals surface area contributed by atoms with Gasteiger partial charge in [-0.25, -0.2) is 4.98 Å². The molecule has 1 aliphatic heterocycles. The van der Waals surface area contributed by atoms with Crippen LogP contribution in [0.4, 0.5) is 0 Å². The van der Waals surface area contributed by atoms with Crippen LogP contribution in [0.3, 0.4) is 0 Å². The molecule has 0 bridgehead atoms. The molecule has 3 heterocycles. The normalized spacial score (nSPS) is 17.9. The average molecular weight is 611 g/mol. The number of halogens is 1. The summed E-state index contributed by atoms with van der Waals surface area (Å²) in [5.41, 5.74) is 3.18. The standard InChI is InChI=1S/C30H31ClN4O4S2/c1-37-23-6-4-5-20(27(23)39-3)28-21-15-18(31)9-11-22(21)35-29(17-7-8-17)33-34-30(35)24(41-28)12-13-25-32-16-19(40-25)10-14-26(36)38-2/h4-6,9,11,15-17,24,28H,7-8,10,12-14H2,1-3H3/t24-,28-/m0/s1. The molecule has 0 saturated heterocycles. The Bertz CT molecular complexity index is 1570. The molecule has 2 aromatic carbocycles. The Morgan fingerprint density at radius 1 is 1.05 bits per heavy atom. The minimum atomic E-state index is -0.209. The Hall–Kier alpha value is -3.08. The van der Waals surface area contributed by atoms with Gasteiger partial charge < -0.3 is 14.2 Å². The second-order valence-corrected chi connectivity index (χ2v) is 13.1. The highest BCUT2D eigenvalue weighted by Gasteiger charge is 2.38. The zero-order valence-corrected chi connectivity index (χ0v) is 25.5. The van der Waals surface area contributed by atoms with Crippen molar-refractivity contribution in [1.82, 2.24) is 19.7 Å². The maximum atomic E-state index is 11.6. The summed E-state index contributed by atoms with van der Waals surface area (Å²) in [7, 11) is 4.75. The lowest BCUT2D eigenvalue weighted by atomic mass is 10.0. The van der Waals surface area contributed by atoms with Crippen molar-refractivity contribution in [2.24, 2.45) is 0 Å². The van der Waals surface area contributed by atoms with Crippen LogP contribution in [0.15, 0.2) is 42.6 Å². The summed E-state index contributed by atoms with van der Waals surface area (Å²) < 4.78 is 18.6. The van der Waals surface area contributed by atoms with Gasteiger partial charge in [-0.2, -0.15) is 0 Å². The Morgan fingerprint density at radius 2 is 1.88 bits per heavy atom. The summed E-state index contributed by atoms with van der Waals surface area (Å²) in [5.74, 6) is 3.59. The number of methoxy groups -OCH3 is 3. The predicted octanol–water partition coefficient (Wildman–Crippen LogP) is 6.89. The number of rotatable bonds is 10. The van der Waals surface area contributed by atoms with Gasteiger partial charge in [-0.05, 0) is 55.5 Å². The van der Waals surface area contributed by atoms with Crippen LogP contribution in [0.5, 0.6) is 11.5 Å². The molecule has 2 atom stereocenters. The summed E-state index contributed by atoms with van der Waals surface area (Å²) >= 11 is 10.1. The molecule has 11 heteroatoms. The highest BCUT2D eigenvalue weighted by molar-refractivity contribution is 8.00. The van der Waals surface area contributed by atoms with Crippen LogP contribution in [0.1, 0.15) is 74.8 Å². The lowest BCUT2D eigenvalue weighted by molar-refractivity contribution is -0.140. The molecule has 41 heavy (non-hydrogen) atoms. The third-order valence-corrected chi connectivity index (χ3v) is 10.4. The van der Waals surface area contributed by atoms with Crippen molar-refractivity contribution < 1.29 is 19.0 Å². The van der Waals surface area contributed by atoms with Crippen LogP contribution in [-0.4, -0.2) is 47.0 Å². The smallest absolute Gasteiger partial charge is 0.305 e. The summed E-state index contributed by atoms with van der Waals surface area (Å²) in [6.07, 6.45) is 6.72. The highest BCUT2D eigenvalue weighted by atomic mass is 35.5. The van der Waals surface area contributed by atoms with Gasteiger partial charge in [0.05, 0.1) is 48.9 Å². The van der Waals surface area contributed by atoms with Gasteiger partial charge in [-0.3, -0.25) is 9.36 Å². The minimum Gasteiger partial charge on any atom is -0.493 e. The molecule has 2 aliphatic rings. The van der Waals surface area contributed by atoms with Crippen LogP contribution in [0.2, 0.25) is 5.02 Å². The fourth-order valence-corrected chi connectivity index (χ4v) is 7.97. The Kier molecular flexibility index (Phi) is 8.23. The summed E-state index contributed by atoms with van der Waals surface area (Å²) in [6, 6.07) is 12.1. The molecule has 0 spiro atoms. The number of esters is 1. The fraction of sp³-hybridized carbons (Fsp3) is 0.400. The second kappa shape index (κ2) is 12.0. The van der Waals surface area contributed by atoms with Crippen LogP contribution in [0.25, 0.3) is 5.69 Å².